The van der Waals surface area contributed by atoms with Crippen LogP contribution in [0.5, 0.6) is 5.75 Å². The van der Waals surface area contributed by atoms with E-state index in [9.17, 15) is 9.90 Å². The molecular formula is C15H13Cl2NO3. The van der Waals surface area contributed by atoms with Crippen molar-refractivity contribution < 1.29 is 14.6 Å². The van der Waals surface area contributed by atoms with Gasteiger partial charge in [-0.25, -0.2) is 4.79 Å². The lowest BCUT2D eigenvalue weighted by Gasteiger charge is -2.18. The van der Waals surface area contributed by atoms with Crippen molar-refractivity contribution in [1.82, 2.24) is 0 Å². The second kappa shape index (κ2) is 6.70. The molecule has 2 aromatic rings. The minimum absolute atomic E-state index is 0.358. The van der Waals surface area contributed by atoms with Crippen molar-refractivity contribution in [3.8, 4) is 5.75 Å². The van der Waals surface area contributed by atoms with E-state index in [1.807, 2.05) is 0 Å². The van der Waals surface area contributed by atoms with Gasteiger partial charge in [0.25, 0.3) is 0 Å². The number of hydrogen-bond acceptors (Lipinski definition) is 3. The lowest BCUT2D eigenvalue weighted by molar-refractivity contribution is -0.138. The van der Waals surface area contributed by atoms with Gasteiger partial charge in [0.15, 0.2) is 6.04 Å². The van der Waals surface area contributed by atoms with Crippen LogP contribution < -0.4 is 10.1 Å². The summed E-state index contributed by atoms with van der Waals surface area (Å²) in [4.78, 5) is 11.5. The number of benzene rings is 2. The highest BCUT2D eigenvalue weighted by molar-refractivity contribution is 6.39. The summed E-state index contributed by atoms with van der Waals surface area (Å²) in [5, 5.41) is 13.0. The molecule has 2 aromatic carbocycles. The van der Waals surface area contributed by atoms with Crippen LogP contribution in [0.15, 0.2) is 42.5 Å². The van der Waals surface area contributed by atoms with Crippen LogP contribution in [0, 0.1) is 0 Å². The smallest absolute Gasteiger partial charge is 0.330 e. The third-order valence-corrected chi connectivity index (χ3v) is 3.56. The van der Waals surface area contributed by atoms with Crippen molar-refractivity contribution in [2.24, 2.45) is 0 Å². The number of aliphatic carboxylic acids is 1. The predicted molar refractivity (Wildman–Crippen MR) is 83.5 cm³/mol. The molecule has 0 spiro atoms. The van der Waals surface area contributed by atoms with E-state index >= 15 is 0 Å². The van der Waals surface area contributed by atoms with Crippen LogP contribution in [0.4, 0.5) is 5.69 Å². The number of carboxylic acids is 1. The average Bonchev–Trinajstić information content (AvgIpc) is 2.46. The maximum absolute atomic E-state index is 11.5. The van der Waals surface area contributed by atoms with Gasteiger partial charge in [0.1, 0.15) is 5.75 Å². The first-order valence-corrected chi connectivity index (χ1v) is 6.86. The number of hydrogen-bond donors (Lipinski definition) is 2. The molecule has 0 saturated heterocycles. The van der Waals surface area contributed by atoms with Crippen LogP contribution in [-0.2, 0) is 4.79 Å². The van der Waals surface area contributed by atoms with Crippen molar-refractivity contribution in [2.75, 3.05) is 12.4 Å². The zero-order chi connectivity index (χ0) is 15.4. The van der Waals surface area contributed by atoms with E-state index < -0.39 is 12.0 Å². The van der Waals surface area contributed by atoms with Gasteiger partial charge >= 0.3 is 5.97 Å². The lowest BCUT2D eigenvalue weighted by atomic mass is 10.1. The molecule has 21 heavy (non-hydrogen) atoms. The highest BCUT2D eigenvalue weighted by atomic mass is 35.5. The highest BCUT2D eigenvalue weighted by Crippen LogP contribution is 2.33. The topological polar surface area (TPSA) is 58.6 Å². The summed E-state index contributed by atoms with van der Waals surface area (Å²) < 4.78 is 5.11. The third kappa shape index (κ3) is 3.60. The van der Waals surface area contributed by atoms with E-state index in [-0.39, 0.29) is 0 Å². The molecule has 2 N–H and O–H groups in total. The Morgan fingerprint density at radius 3 is 2.38 bits per heavy atom. The van der Waals surface area contributed by atoms with Crippen molar-refractivity contribution in [3.63, 3.8) is 0 Å². The molecule has 0 saturated carbocycles. The number of ether oxygens (including phenoxy) is 1. The molecule has 0 heterocycles. The van der Waals surface area contributed by atoms with E-state index in [4.69, 9.17) is 27.9 Å². The summed E-state index contributed by atoms with van der Waals surface area (Å²) in [7, 11) is 1.52. The minimum Gasteiger partial charge on any atom is -0.497 e. The Hall–Kier alpha value is -1.91. The van der Waals surface area contributed by atoms with Crippen LogP contribution in [0.3, 0.4) is 0 Å². The van der Waals surface area contributed by atoms with Gasteiger partial charge in [0.05, 0.1) is 22.8 Å². The van der Waals surface area contributed by atoms with Gasteiger partial charge in [0, 0.05) is 0 Å². The minimum atomic E-state index is -1.04. The first-order valence-electron chi connectivity index (χ1n) is 6.10. The van der Waals surface area contributed by atoms with Crippen LogP contribution in [-0.4, -0.2) is 18.2 Å². The molecule has 0 amide bonds. The van der Waals surface area contributed by atoms with Crippen LogP contribution in [0.1, 0.15) is 11.6 Å². The number of methoxy groups -OCH3 is 1. The zero-order valence-corrected chi connectivity index (χ0v) is 12.7. The Morgan fingerprint density at radius 2 is 1.81 bits per heavy atom. The first-order chi connectivity index (χ1) is 10.0. The van der Waals surface area contributed by atoms with E-state index in [0.29, 0.717) is 27.0 Å². The predicted octanol–water partition coefficient (Wildman–Crippen LogP) is 4.24. The lowest BCUT2D eigenvalue weighted by Crippen LogP contribution is -2.20. The highest BCUT2D eigenvalue weighted by Gasteiger charge is 2.22. The molecule has 6 heteroatoms. The Morgan fingerprint density at radius 1 is 1.19 bits per heavy atom. The maximum Gasteiger partial charge on any atom is 0.330 e. The Kier molecular flexibility index (Phi) is 4.94. The Labute approximate surface area is 132 Å². The summed E-state index contributed by atoms with van der Waals surface area (Å²) in [5.41, 5.74) is 0.925. The second-order valence-corrected chi connectivity index (χ2v) is 5.10. The van der Waals surface area contributed by atoms with E-state index in [0.717, 1.165) is 0 Å². The molecule has 0 aromatic heterocycles. The summed E-state index contributed by atoms with van der Waals surface area (Å²) >= 11 is 12.1. The van der Waals surface area contributed by atoms with Gasteiger partial charge in [0.2, 0.25) is 0 Å². The normalized spacial score (nSPS) is 11.8. The molecule has 0 aliphatic heterocycles. The van der Waals surface area contributed by atoms with Crippen molar-refractivity contribution in [1.29, 1.82) is 0 Å². The van der Waals surface area contributed by atoms with Crippen molar-refractivity contribution in [2.45, 2.75) is 6.04 Å². The first kappa shape index (κ1) is 15.5. The quantitative estimate of drug-likeness (QED) is 0.863. The number of halogens is 2. The van der Waals surface area contributed by atoms with Crippen molar-refractivity contribution >= 4 is 34.9 Å². The largest absolute Gasteiger partial charge is 0.497 e. The monoisotopic (exact) mass is 325 g/mol. The number of carbonyl (C=O) groups is 1. The zero-order valence-electron chi connectivity index (χ0n) is 11.1. The fraction of sp³-hybridized carbons (Fsp3) is 0.133. The van der Waals surface area contributed by atoms with Crippen LogP contribution >= 0.6 is 23.2 Å². The van der Waals surface area contributed by atoms with Crippen LogP contribution in [0.2, 0.25) is 10.0 Å². The van der Waals surface area contributed by atoms with Gasteiger partial charge in [-0.3, -0.25) is 0 Å². The number of carboxylic acid groups (broad SMARTS) is 1. The molecular weight excluding hydrogens is 313 g/mol. The van der Waals surface area contributed by atoms with Gasteiger partial charge in [-0.15, -0.1) is 0 Å². The fourth-order valence-corrected chi connectivity index (χ4v) is 2.40. The molecule has 0 bridgehead atoms. The fourth-order valence-electron chi connectivity index (χ4n) is 1.89. The molecule has 0 radical (unpaired) electrons. The van der Waals surface area contributed by atoms with E-state index in [1.54, 1.807) is 42.5 Å². The second-order valence-electron chi connectivity index (χ2n) is 4.29. The molecule has 0 aliphatic carbocycles. The van der Waals surface area contributed by atoms with Gasteiger partial charge in [-0.2, -0.15) is 0 Å². The van der Waals surface area contributed by atoms with Crippen molar-refractivity contribution in [3.05, 3.63) is 58.1 Å². The summed E-state index contributed by atoms with van der Waals surface area (Å²) in [5.74, 6) is -0.468. The molecule has 4 nitrogen and oxygen atoms in total. The van der Waals surface area contributed by atoms with E-state index in [1.165, 1.54) is 7.11 Å². The molecule has 0 fully saturated rings. The molecule has 1 unspecified atom stereocenters. The SMILES string of the molecule is COc1cccc(C(Nc2c(Cl)cccc2Cl)C(=O)O)c1. The Bertz CT molecular complexity index is 641. The summed E-state index contributed by atoms with van der Waals surface area (Å²) in [6.07, 6.45) is 0. The number of rotatable bonds is 5. The summed E-state index contributed by atoms with van der Waals surface area (Å²) in [6.45, 7) is 0. The van der Waals surface area contributed by atoms with E-state index in [2.05, 4.69) is 5.32 Å². The number of anilines is 1. The number of nitrogens with one attached hydrogen (secondary N) is 1. The van der Waals surface area contributed by atoms with Gasteiger partial charge in [-0.1, -0.05) is 41.4 Å². The standard InChI is InChI=1S/C15H13Cl2NO3/c1-21-10-5-2-4-9(8-10)13(15(19)20)18-14-11(16)6-3-7-12(14)17/h2-8,13,18H,1H3,(H,19,20). The molecule has 110 valence electrons. The molecule has 2 rings (SSSR count). The summed E-state index contributed by atoms with van der Waals surface area (Å²) in [6, 6.07) is 10.8. The maximum atomic E-state index is 11.5. The number of para-hydroxylation sites is 1. The molecule has 1 atom stereocenters. The van der Waals surface area contributed by atoms with Gasteiger partial charge < -0.3 is 15.2 Å². The van der Waals surface area contributed by atoms with Gasteiger partial charge in [-0.05, 0) is 29.8 Å². The Balaban J connectivity index is 2.38. The third-order valence-electron chi connectivity index (χ3n) is 2.93. The molecule has 0 aliphatic rings. The average molecular weight is 326 g/mol. The van der Waals surface area contributed by atoms with Crippen LogP contribution in [0.25, 0.3) is 0 Å².